The van der Waals surface area contributed by atoms with E-state index in [1.54, 1.807) is 0 Å². The lowest BCUT2D eigenvalue weighted by Crippen LogP contribution is -2.35. The molecule has 2 rings (SSSR count). The van der Waals surface area contributed by atoms with Crippen molar-refractivity contribution in [1.82, 2.24) is 10.2 Å². The van der Waals surface area contributed by atoms with Gasteiger partial charge in [-0.25, -0.2) is 4.79 Å². The van der Waals surface area contributed by atoms with E-state index in [-0.39, 0.29) is 23.0 Å². The fraction of sp³-hybridized carbons (Fsp3) is 0.500. The van der Waals surface area contributed by atoms with Crippen LogP contribution in [0.15, 0.2) is 18.2 Å². The molecule has 7 heteroatoms. The lowest BCUT2D eigenvalue weighted by molar-refractivity contribution is 0.0696. The molecule has 1 aromatic carbocycles. The molecule has 23 heavy (non-hydrogen) atoms. The van der Waals surface area contributed by atoms with E-state index in [4.69, 9.17) is 14.6 Å². The van der Waals surface area contributed by atoms with Gasteiger partial charge in [-0.15, -0.1) is 0 Å². The van der Waals surface area contributed by atoms with E-state index in [1.165, 1.54) is 25.3 Å². The molecular weight excluding hydrogens is 300 g/mol. The molecule has 0 radical (unpaired) electrons. The summed E-state index contributed by atoms with van der Waals surface area (Å²) in [4.78, 5) is 25.6. The zero-order valence-corrected chi connectivity index (χ0v) is 13.4. The molecule has 1 atom stereocenters. The highest BCUT2D eigenvalue weighted by Crippen LogP contribution is 2.17. The molecule has 126 valence electrons. The van der Waals surface area contributed by atoms with E-state index in [9.17, 15) is 9.59 Å². The summed E-state index contributed by atoms with van der Waals surface area (Å²) < 4.78 is 10.6. The van der Waals surface area contributed by atoms with Crippen molar-refractivity contribution in [2.75, 3.05) is 47.0 Å². The second kappa shape index (κ2) is 7.94. The summed E-state index contributed by atoms with van der Waals surface area (Å²) in [6, 6.07) is 4.25. The average molecular weight is 322 g/mol. The Morgan fingerprint density at radius 1 is 1.39 bits per heavy atom. The molecule has 1 aliphatic heterocycles. The number of amides is 1. The highest BCUT2D eigenvalue weighted by Gasteiger charge is 2.18. The Hall–Kier alpha value is -2.12. The van der Waals surface area contributed by atoms with Gasteiger partial charge in [0.1, 0.15) is 5.75 Å². The van der Waals surface area contributed by atoms with Crippen LogP contribution in [0.5, 0.6) is 5.75 Å². The molecule has 1 fully saturated rings. The minimum atomic E-state index is -1.10. The third-order valence-corrected chi connectivity index (χ3v) is 3.74. The van der Waals surface area contributed by atoms with E-state index in [1.807, 2.05) is 7.05 Å². The van der Waals surface area contributed by atoms with Crippen LogP contribution in [-0.2, 0) is 4.74 Å². The number of ether oxygens (including phenoxy) is 2. The van der Waals surface area contributed by atoms with Gasteiger partial charge in [-0.05, 0) is 25.2 Å². The Morgan fingerprint density at radius 2 is 2.13 bits per heavy atom. The first-order valence-corrected chi connectivity index (χ1v) is 7.46. The number of aromatic carboxylic acids is 1. The average Bonchev–Trinajstić information content (AvgIpc) is 2.76. The first-order valence-electron chi connectivity index (χ1n) is 7.46. The zero-order chi connectivity index (χ0) is 16.8. The molecule has 0 saturated carbocycles. The van der Waals surface area contributed by atoms with Crippen LogP contribution in [-0.4, -0.2) is 68.9 Å². The number of benzene rings is 1. The molecule has 1 amide bonds. The highest BCUT2D eigenvalue weighted by atomic mass is 16.5. The minimum Gasteiger partial charge on any atom is -0.497 e. The molecule has 0 aromatic heterocycles. The van der Waals surface area contributed by atoms with Gasteiger partial charge in [-0.1, -0.05) is 0 Å². The number of hydrogen-bond acceptors (Lipinski definition) is 5. The van der Waals surface area contributed by atoms with Crippen molar-refractivity contribution in [3.05, 3.63) is 29.3 Å². The quantitative estimate of drug-likeness (QED) is 0.830. The Labute approximate surface area is 135 Å². The molecule has 1 saturated heterocycles. The van der Waals surface area contributed by atoms with Crippen LogP contribution in [0.3, 0.4) is 0 Å². The molecule has 1 aliphatic rings. The van der Waals surface area contributed by atoms with Crippen LogP contribution in [0.4, 0.5) is 0 Å². The van der Waals surface area contributed by atoms with Gasteiger partial charge >= 0.3 is 5.97 Å². The Kier molecular flexibility index (Phi) is 5.95. The van der Waals surface area contributed by atoms with E-state index in [0.717, 1.165) is 13.1 Å². The molecule has 0 unspecified atom stereocenters. The van der Waals surface area contributed by atoms with Gasteiger partial charge in [0.25, 0.3) is 5.91 Å². The van der Waals surface area contributed by atoms with Crippen molar-refractivity contribution in [2.45, 2.75) is 0 Å². The van der Waals surface area contributed by atoms with Crippen LogP contribution >= 0.6 is 0 Å². The zero-order valence-electron chi connectivity index (χ0n) is 13.4. The van der Waals surface area contributed by atoms with Crippen molar-refractivity contribution in [1.29, 1.82) is 0 Å². The number of hydrogen-bond donors (Lipinski definition) is 2. The standard InChI is InChI=1S/C16H22N2O5/c1-18-3-4-23-10-11(9-18)8-17-15(19)12-5-13(16(20)21)7-14(6-12)22-2/h5-7,11H,3-4,8-10H2,1-2H3,(H,17,19)(H,20,21)/t11-/m1/s1. The van der Waals surface area contributed by atoms with Gasteiger partial charge in [-0.2, -0.15) is 0 Å². The van der Waals surface area contributed by atoms with Crippen molar-refractivity contribution in [3.63, 3.8) is 0 Å². The minimum absolute atomic E-state index is 0.0204. The van der Waals surface area contributed by atoms with E-state index >= 15 is 0 Å². The predicted molar refractivity (Wildman–Crippen MR) is 84.1 cm³/mol. The maximum absolute atomic E-state index is 12.3. The summed E-state index contributed by atoms with van der Waals surface area (Å²) >= 11 is 0. The SMILES string of the molecule is COc1cc(C(=O)O)cc(C(=O)NC[C@H]2COCCN(C)C2)c1. The van der Waals surface area contributed by atoms with Crippen molar-refractivity contribution in [2.24, 2.45) is 5.92 Å². The van der Waals surface area contributed by atoms with Gasteiger partial charge in [-0.3, -0.25) is 4.79 Å². The Bertz CT molecular complexity index is 576. The summed E-state index contributed by atoms with van der Waals surface area (Å²) in [7, 11) is 3.45. The molecule has 1 aromatic rings. The van der Waals surface area contributed by atoms with E-state index < -0.39 is 5.97 Å². The second-order valence-electron chi connectivity index (χ2n) is 5.67. The smallest absolute Gasteiger partial charge is 0.335 e. The topological polar surface area (TPSA) is 88.1 Å². The first-order chi connectivity index (χ1) is 11.0. The van der Waals surface area contributed by atoms with Crippen molar-refractivity contribution in [3.8, 4) is 5.75 Å². The number of rotatable bonds is 5. The van der Waals surface area contributed by atoms with Crippen molar-refractivity contribution >= 4 is 11.9 Å². The normalized spacial score (nSPS) is 19.0. The summed E-state index contributed by atoms with van der Waals surface area (Å²) in [5.41, 5.74) is 0.289. The molecule has 0 bridgehead atoms. The summed E-state index contributed by atoms with van der Waals surface area (Å²) in [5, 5.41) is 11.9. The third-order valence-electron chi connectivity index (χ3n) is 3.74. The van der Waals surface area contributed by atoms with E-state index in [2.05, 4.69) is 10.2 Å². The lowest BCUT2D eigenvalue weighted by atomic mass is 10.1. The Balaban J connectivity index is 2.02. The van der Waals surface area contributed by atoms with Crippen molar-refractivity contribution < 1.29 is 24.2 Å². The molecule has 2 N–H and O–H groups in total. The second-order valence-corrected chi connectivity index (χ2v) is 5.67. The molecule has 7 nitrogen and oxygen atoms in total. The number of carbonyl (C=O) groups is 2. The fourth-order valence-corrected chi connectivity index (χ4v) is 2.49. The number of carbonyl (C=O) groups excluding carboxylic acids is 1. The van der Waals surface area contributed by atoms with Gasteiger partial charge in [0.15, 0.2) is 0 Å². The summed E-state index contributed by atoms with van der Waals surface area (Å²) in [6.07, 6.45) is 0. The van der Waals surface area contributed by atoms with Gasteiger partial charge in [0, 0.05) is 31.1 Å². The monoisotopic (exact) mass is 322 g/mol. The molecule has 0 spiro atoms. The first kappa shape index (κ1) is 17.2. The summed E-state index contributed by atoms with van der Waals surface area (Å²) in [5.74, 6) is -0.876. The maximum Gasteiger partial charge on any atom is 0.335 e. The number of likely N-dealkylation sites (N-methyl/N-ethyl adjacent to an activating group) is 1. The molecule has 0 aliphatic carbocycles. The van der Waals surface area contributed by atoms with Crippen LogP contribution in [0.25, 0.3) is 0 Å². The van der Waals surface area contributed by atoms with Gasteiger partial charge in [0.05, 0.1) is 25.9 Å². The lowest BCUT2D eigenvalue weighted by Gasteiger charge is -2.19. The molecular formula is C16H22N2O5. The number of carboxylic acids is 1. The number of carboxylic acid groups (broad SMARTS) is 1. The molecule has 1 heterocycles. The third kappa shape index (κ3) is 4.94. The number of nitrogens with one attached hydrogen (secondary N) is 1. The van der Waals surface area contributed by atoms with Gasteiger partial charge < -0.3 is 24.8 Å². The number of methoxy groups -OCH3 is 1. The maximum atomic E-state index is 12.3. The van der Waals surface area contributed by atoms with Crippen LogP contribution in [0.2, 0.25) is 0 Å². The largest absolute Gasteiger partial charge is 0.497 e. The predicted octanol–water partition coefficient (Wildman–Crippen LogP) is 0.701. The fourth-order valence-electron chi connectivity index (χ4n) is 2.49. The Morgan fingerprint density at radius 3 is 2.83 bits per heavy atom. The van der Waals surface area contributed by atoms with Crippen LogP contribution < -0.4 is 10.1 Å². The summed E-state index contributed by atoms with van der Waals surface area (Å²) in [6.45, 7) is 3.49. The van der Waals surface area contributed by atoms with Gasteiger partial charge in [0.2, 0.25) is 0 Å². The highest BCUT2D eigenvalue weighted by molar-refractivity contribution is 5.98. The number of nitrogens with zero attached hydrogens (tertiary/aromatic N) is 1. The van der Waals surface area contributed by atoms with Crippen LogP contribution in [0, 0.1) is 5.92 Å². The van der Waals surface area contributed by atoms with Crippen LogP contribution in [0.1, 0.15) is 20.7 Å². The van der Waals surface area contributed by atoms with E-state index in [0.29, 0.717) is 25.5 Å².